The fourth-order valence-electron chi connectivity index (χ4n) is 10.0. The molecule has 57 heavy (non-hydrogen) atoms. The average Bonchev–Trinajstić information content (AvgIpc) is 3.57. The molecule has 0 amide bonds. The van der Waals surface area contributed by atoms with E-state index in [0.717, 1.165) is 44.8 Å². The Morgan fingerprint density at radius 1 is 0.895 bits per heavy atom. The minimum absolute atomic E-state index is 0.00689. The zero-order valence-corrected chi connectivity index (χ0v) is 36.1. The first-order valence-electron chi connectivity index (χ1n) is 21.7. The number of rotatable bonds is 9. The van der Waals surface area contributed by atoms with Crippen LogP contribution in [-0.4, -0.2) is 131 Å². The van der Waals surface area contributed by atoms with E-state index in [2.05, 4.69) is 54.0 Å². The van der Waals surface area contributed by atoms with Crippen molar-refractivity contribution in [1.82, 2.24) is 14.7 Å². The first kappa shape index (κ1) is 45.6. The van der Waals surface area contributed by atoms with Crippen LogP contribution in [0.25, 0.3) is 0 Å². The highest BCUT2D eigenvalue weighted by molar-refractivity contribution is 5.91. The van der Waals surface area contributed by atoms with Crippen LogP contribution in [-0.2, 0) is 36.9 Å². The van der Waals surface area contributed by atoms with Crippen molar-refractivity contribution in [2.24, 2.45) is 35.5 Å². The third-order valence-electron chi connectivity index (χ3n) is 13.1. The lowest BCUT2D eigenvalue weighted by molar-refractivity contribution is -0.304. The second-order valence-electron chi connectivity index (χ2n) is 18.5. The van der Waals surface area contributed by atoms with E-state index in [1.54, 1.807) is 32.0 Å². The van der Waals surface area contributed by atoms with Gasteiger partial charge >= 0.3 is 5.97 Å². The van der Waals surface area contributed by atoms with E-state index < -0.39 is 60.8 Å². The number of ketones is 1. The number of hydrogen-bond donors (Lipinski definition) is 3. The minimum Gasteiger partial charge on any atom is -0.462 e. The summed E-state index contributed by atoms with van der Waals surface area (Å²) in [6.07, 6.45) is 2.26. The van der Waals surface area contributed by atoms with Gasteiger partial charge in [-0.15, -0.1) is 0 Å². The van der Waals surface area contributed by atoms with Crippen LogP contribution in [0.4, 0.5) is 0 Å². The Hall–Kier alpha value is -2.48. The molecule has 0 radical (unpaired) electrons. The molecule has 5 rings (SSSR count). The molecule has 4 heterocycles. The highest BCUT2D eigenvalue weighted by atomic mass is 16.7. The molecular weight excluding hydrogens is 723 g/mol. The van der Waals surface area contributed by atoms with Gasteiger partial charge in [0.05, 0.1) is 36.9 Å². The number of aliphatic hydroxyl groups excluding tert-OH is 3. The summed E-state index contributed by atoms with van der Waals surface area (Å²) in [4.78, 5) is 34.4. The smallest absolute Gasteiger partial charge is 0.308 e. The van der Waals surface area contributed by atoms with Crippen LogP contribution in [0.1, 0.15) is 91.7 Å². The van der Waals surface area contributed by atoms with Gasteiger partial charge < -0.3 is 39.3 Å². The zero-order chi connectivity index (χ0) is 41.6. The number of carbonyl (C=O) groups excluding carboxylic acids is 2. The molecule has 0 saturated carbocycles. The summed E-state index contributed by atoms with van der Waals surface area (Å²) in [6, 6.07) is 7.79. The van der Waals surface area contributed by atoms with Gasteiger partial charge in [0.1, 0.15) is 12.2 Å². The number of allylic oxidation sites excluding steroid dienone is 3. The summed E-state index contributed by atoms with van der Waals surface area (Å²) in [7, 11) is 3.60. The summed E-state index contributed by atoms with van der Waals surface area (Å²) < 4.78 is 19.2. The van der Waals surface area contributed by atoms with E-state index in [9.17, 15) is 24.9 Å². The SMILES string of the molecule is CC[C@H]1OC(=O)C[C@@H](O)[C@H](C)[C@@H](O[C@@H]2O[C@H](C)[C@@H](O)[C@H](N(C)C)[C@H]2O)[C@@H](CCN2Cc3ccccc3C2)C[C@@H](C)C(=O)/C=C/C(C)=C/[C@@H]1CN1CC(C)CC(C)C1. The van der Waals surface area contributed by atoms with E-state index in [1.165, 1.54) is 17.5 Å². The number of carbonyl (C=O) groups is 2. The maximum atomic E-state index is 13.9. The van der Waals surface area contributed by atoms with E-state index in [-0.39, 0.29) is 30.0 Å². The number of piperidine rings is 1. The number of likely N-dealkylation sites (N-methyl/N-ethyl adjacent to an activating group) is 1. The normalized spacial score (nSPS) is 39.7. The van der Waals surface area contributed by atoms with Gasteiger partial charge in [-0.05, 0) is 95.1 Å². The van der Waals surface area contributed by atoms with Crippen molar-refractivity contribution in [2.75, 3.05) is 40.3 Å². The molecule has 14 atom stereocenters. The van der Waals surface area contributed by atoms with Crippen LogP contribution in [0.5, 0.6) is 0 Å². The van der Waals surface area contributed by atoms with Crippen molar-refractivity contribution < 1.29 is 39.1 Å². The molecule has 0 bridgehead atoms. The lowest BCUT2D eigenvalue weighted by atomic mass is 9.79. The molecule has 0 spiro atoms. The van der Waals surface area contributed by atoms with E-state index >= 15 is 0 Å². The molecule has 3 N–H and O–H groups in total. The molecule has 2 unspecified atom stereocenters. The molecule has 11 heteroatoms. The largest absolute Gasteiger partial charge is 0.462 e. The summed E-state index contributed by atoms with van der Waals surface area (Å²) in [5, 5.41) is 34.5. The van der Waals surface area contributed by atoms with E-state index in [4.69, 9.17) is 14.2 Å². The van der Waals surface area contributed by atoms with Gasteiger partial charge in [0.2, 0.25) is 0 Å². The number of fused-ring (bicyclic) bond motifs is 1. The lowest BCUT2D eigenvalue weighted by Gasteiger charge is -2.46. The number of cyclic esters (lactones) is 1. The van der Waals surface area contributed by atoms with Crippen LogP contribution in [0, 0.1) is 35.5 Å². The molecular formula is C46H73N3O8. The first-order valence-corrected chi connectivity index (χ1v) is 21.7. The number of esters is 1. The van der Waals surface area contributed by atoms with Crippen LogP contribution < -0.4 is 0 Å². The van der Waals surface area contributed by atoms with Gasteiger partial charge in [-0.3, -0.25) is 14.5 Å². The first-order chi connectivity index (χ1) is 27.0. The molecule has 4 aliphatic heterocycles. The maximum absolute atomic E-state index is 13.9. The van der Waals surface area contributed by atoms with Crippen molar-refractivity contribution in [3.8, 4) is 0 Å². The van der Waals surface area contributed by atoms with Crippen LogP contribution in [0.15, 0.2) is 48.1 Å². The Balaban J connectivity index is 1.47. The number of likely N-dealkylation sites (tertiary alicyclic amines) is 1. The van der Waals surface area contributed by atoms with Crippen LogP contribution in [0.3, 0.4) is 0 Å². The van der Waals surface area contributed by atoms with Gasteiger partial charge in [0, 0.05) is 50.5 Å². The predicted molar refractivity (Wildman–Crippen MR) is 222 cm³/mol. The van der Waals surface area contributed by atoms with E-state index in [1.807, 2.05) is 33.8 Å². The standard InChI is InChI=1S/C46H73N3O8/c1-10-40-37(27-49-23-29(3)19-30(4)24-49)20-28(2)15-16-38(50)31(5)21-34(17-18-48-25-35-13-11-12-14-36(35)26-48)45(32(6)39(51)22-41(52)56-40)57-46-44(54)42(47(8)9)43(53)33(7)55-46/h11-16,20,29-34,37,39-40,42-46,51,53-54H,10,17-19,21-27H2,1-9H3/b16-15+,28-20+/t29?,30?,31-,32+,33-,34+,37-,39-,40-,42+,43-,44-,45-,46+/m1/s1. The van der Waals surface area contributed by atoms with Gasteiger partial charge in [0.25, 0.3) is 0 Å². The quantitative estimate of drug-likeness (QED) is 0.285. The molecule has 1 aromatic rings. The van der Waals surface area contributed by atoms with Crippen molar-refractivity contribution in [3.05, 3.63) is 59.2 Å². The van der Waals surface area contributed by atoms with Gasteiger partial charge in [-0.1, -0.05) is 76.6 Å². The number of nitrogens with zero attached hydrogens (tertiary/aromatic N) is 3. The summed E-state index contributed by atoms with van der Waals surface area (Å²) in [6.45, 7) is 19.3. The Labute approximate surface area is 342 Å². The predicted octanol–water partition coefficient (Wildman–Crippen LogP) is 5.20. The second-order valence-corrected chi connectivity index (χ2v) is 18.5. The average molecular weight is 796 g/mol. The van der Waals surface area contributed by atoms with Crippen LogP contribution >= 0.6 is 0 Å². The molecule has 0 aliphatic carbocycles. The van der Waals surface area contributed by atoms with Gasteiger partial charge in [0.15, 0.2) is 12.1 Å². The summed E-state index contributed by atoms with van der Waals surface area (Å²) in [5.74, 6) is -0.628. The monoisotopic (exact) mass is 796 g/mol. The third kappa shape index (κ3) is 12.1. The number of benzene rings is 1. The minimum atomic E-state index is -1.19. The fourth-order valence-corrected chi connectivity index (χ4v) is 10.0. The molecule has 320 valence electrons. The Kier molecular flexibility index (Phi) is 16.5. The molecule has 2 saturated heterocycles. The van der Waals surface area contributed by atoms with Crippen molar-refractivity contribution in [1.29, 1.82) is 0 Å². The molecule has 4 aliphatic rings. The number of hydrogen-bond acceptors (Lipinski definition) is 11. The van der Waals surface area contributed by atoms with Crippen LogP contribution in [0.2, 0.25) is 0 Å². The Morgan fingerprint density at radius 2 is 1.54 bits per heavy atom. The molecule has 1 aromatic carbocycles. The Bertz CT molecular complexity index is 1500. The van der Waals surface area contributed by atoms with E-state index in [0.29, 0.717) is 31.1 Å². The molecule has 2 fully saturated rings. The zero-order valence-electron chi connectivity index (χ0n) is 36.1. The van der Waals surface area contributed by atoms with Crippen molar-refractivity contribution >= 4 is 11.8 Å². The fraction of sp³-hybridized carbons (Fsp3) is 0.739. The topological polar surface area (TPSA) is 132 Å². The second kappa shape index (κ2) is 20.7. The highest BCUT2D eigenvalue weighted by Crippen LogP contribution is 2.36. The summed E-state index contributed by atoms with van der Waals surface area (Å²) >= 11 is 0. The van der Waals surface area contributed by atoms with Gasteiger partial charge in [-0.25, -0.2) is 0 Å². The molecule has 0 aromatic heterocycles. The maximum Gasteiger partial charge on any atom is 0.308 e. The van der Waals surface area contributed by atoms with Gasteiger partial charge in [-0.2, -0.15) is 0 Å². The van der Waals surface area contributed by atoms with Crippen molar-refractivity contribution in [2.45, 2.75) is 143 Å². The number of aliphatic hydroxyl groups is 3. The highest BCUT2D eigenvalue weighted by Gasteiger charge is 2.47. The lowest BCUT2D eigenvalue weighted by Crippen LogP contribution is -2.63. The number of ether oxygens (including phenoxy) is 3. The molecule has 11 nitrogen and oxygen atoms in total. The Morgan fingerprint density at radius 3 is 2.16 bits per heavy atom. The third-order valence-corrected chi connectivity index (χ3v) is 13.1. The van der Waals surface area contributed by atoms with Crippen molar-refractivity contribution in [3.63, 3.8) is 0 Å². The summed E-state index contributed by atoms with van der Waals surface area (Å²) in [5.41, 5.74) is 3.54.